The Morgan fingerprint density at radius 1 is 1.23 bits per heavy atom. The maximum absolute atomic E-state index is 13.0. The first-order chi connectivity index (χ1) is 12.3. The average molecular weight is 377 g/mol. The number of nitrogens with zero attached hydrogens (tertiary/aromatic N) is 3. The van der Waals surface area contributed by atoms with Gasteiger partial charge in [0, 0.05) is 12.7 Å². The molecule has 3 aromatic rings. The molecule has 10 heteroatoms. The Labute approximate surface area is 149 Å². The van der Waals surface area contributed by atoms with E-state index in [-0.39, 0.29) is 10.7 Å². The van der Waals surface area contributed by atoms with E-state index in [4.69, 9.17) is 0 Å². The lowest BCUT2D eigenvalue weighted by molar-refractivity contribution is -0.116. The summed E-state index contributed by atoms with van der Waals surface area (Å²) in [6.45, 7) is 1.40. The van der Waals surface area contributed by atoms with Crippen molar-refractivity contribution in [1.82, 2.24) is 19.5 Å². The molecule has 1 aromatic carbocycles. The SMILES string of the molecule is Cc1ccc2c(NC(=O)CN(C)S(=O)(=O)c3ccc(F)cc3)n[nH]c2n1. The molecule has 0 aliphatic rings. The zero-order chi connectivity index (χ0) is 18.9. The molecule has 0 spiro atoms. The Bertz CT molecular complexity index is 1060. The van der Waals surface area contributed by atoms with Crippen LogP contribution in [0.15, 0.2) is 41.3 Å². The molecule has 26 heavy (non-hydrogen) atoms. The van der Waals surface area contributed by atoms with E-state index < -0.39 is 28.3 Å². The lowest BCUT2D eigenvalue weighted by atomic mass is 10.3. The predicted octanol–water partition coefficient (Wildman–Crippen LogP) is 1.66. The number of rotatable bonds is 5. The van der Waals surface area contributed by atoms with E-state index in [1.165, 1.54) is 7.05 Å². The van der Waals surface area contributed by atoms with Crippen LogP contribution in [0.1, 0.15) is 5.69 Å². The van der Waals surface area contributed by atoms with Crippen molar-refractivity contribution in [2.75, 3.05) is 18.9 Å². The van der Waals surface area contributed by atoms with Crippen LogP contribution in [0.2, 0.25) is 0 Å². The number of H-pyrrole nitrogens is 1. The second-order valence-electron chi connectivity index (χ2n) is 5.68. The highest BCUT2D eigenvalue weighted by Crippen LogP contribution is 2.19. The Balaban J connectivity index is 1.73. The van der Waals surface area contributed by atoms with Gasteiger partial charge in [-0.1, -0.05) is 0 Å². The standard InChI is InChI=1S/C16H16FN5O3S/c1-10-3-8-13-15(18-10)20-21-16(13)19-14(23)9-22(2)26(24,25)12-6-4-11(17)5-7-12/h3-8H,9H2,1-2H3,(H2,18,19,20,21,23). The summed E-state index contributed by atoms with van der Waals surface area (Å²) in [7, 11) is -2.64. The van der Waals surface area contributed by atoms with E-state index in [0.29, 0.717) is 11.0 Å². The number of anilines is 1. The second-order valence-corrected chi connectivity index (χ2v) is 7.73. The summed E-state index contributed by atoms with van der Waals surface area (Å²) >= 11 is 0. The van der Waals surface area contributed by atoms with Gasteiger partial charge in [0.25, 0.3) is 0 Å². The quantitative estimate of drug-likeness (QED) is 0.703. The van der Waals surface area contributed by atoms with Crippen molar-refractivity contribution in [3.63, 3.8) is 0 Å². The number of halogens is 1. The lowest BCUT2D eigenvalue weighted by Gasteiger charge is -2.16. The minimum absolute atomic E-state index is 0.0981. The monoisotopic (exact) mass is 377 g/mol. The smallest absolute Gasteiger partial charge is 0.243 e. The van der Waals surface area contributed by atoms with Crippen LogP contribution in [-0.2, 0) is 14.8 Å². The van der Waals surface area contributed by atoms with Gasteiger partial charge in [-0.15, -0.1) is 0 Å². The van der Waals surface area contributed by atoms with Gasteiger partial charge in [-0.2, -0.15) is 9.40 Å². The Morgan fingerprint density at radius 2 is 1.92 bits per heavy atom. The minimum Gasteiger partial charge on any atom is -0.307 e. The van der Waals surface area contributed by atoms with Crippen molar-refractivity contribution in [2.45, 2.75) is 11.8 Å². The van der Waals surface area contributed by atoms with Crippen LogP contribution in [-0.4, -0.2) is 47.4 Å². The van der Waals surface area contributed by atoms with Crippen LogP contribution in [0, 0.1) is 12.7 Å². The summed E-state index contributed by atoms with van der Waals surface area (Å²) < 4.78 is 38.7. The Hall–Kier alpha value is -2.85. The minimum atomic E-state index is -3.91. The number of aromatic amines is 1. The number of likely N-dealkylation sites (N-methyl/N-ethyl adjacent to an activating group) is 1. The fourth-order valence-electron chi connectivity index (χ4n) is 2.34. The van der Waals surface area contributed by atoms with Gasteiger partial charge < -0.3 is 5.32 Å². The Morgan fingerprint density at radius 3 is 2.62 bits per heavy atom. The molecular weight excluding hydrogens is 361 g/mol. The van der Waals surface area contributed by atoms with Gasteiger partial charge in [0.1, 0.15) is 5.82 Å². The summed E-state index contributed by atoms with van der Waals surface area (Å²) in [6.07, 6.45) is 0. The van der Waals surface area contributed by atoms with Crippen LogP contribution < -0.4 is 5.32 Å². The molecule has 2 heterocycles. The first-order valence-electron chi connectivity index (χ1n) is 7.61. The fourth-order valence-corrected chi connectivity index (χ4v) is 3.47. The molecule has 1 amide bonds. The van der Waals surface area contributed by atoms with Crippen LogP contribution >= 0.6 is 0 Å². The van der Waals surface area contributed by atoms with Gasteiger partial charge >= 0.3 is 0 Å². The third kappa shape index (κ3) is 3.55. The molecule has 3 rings (SSSR count). The molecule has 0 saturated carbocycles. The summed E-state index contributed by atoms with van der Waals surface area (Å²) in [5.74, 6) is -0.837. The number of fused-ring (bicyclic) bond motifs is 1. The van der Waals surface area contributed by atoms with E-state index in [2.05, 4.69) is 20.5 Å². The molecule has 0 aliphatic carbocycles. The van der Waals surface area contributed by atoms with Gasteiger partial charge in [-0.05, 0) is 43.3 Å². The first kappa shape index (κ1) is 18.0. The number of hydrogen-bond acceptors (Lipinski definition) is 5. The number of carbonyl (C=O) groups is 1. The second kappa shape index (κ2) is 6.81. The van der Waals surface area contributed by atoms with Gasteiger partial charge in [-0.25, -0.2) is 17.8 Å². The number of nitrogens with one attached hydrogen (secondary N) is 2. The summed E-state index contributed by atoms with van der Waals surface area (Å²) in [5, 5.41) is 9.87. The van der Waals surface area contributed by atoms with E-state index >= 15 is 0 Å². The summed E-state index contributed by atoms with van der Waals surface area (Å²) in [4.78, 5) is 16.4. The molecule has 0 atom stereocenters. The van der Waals surface area contributed by atoms with Crippen LogP contribution in [0.5, 0.6) is 0 Å². The van der Waals surface area contributed by atoms with Gasteiger partial charge in [-0.3, -0.25) is 9.89 Å². The average Bonchev–Trinajstić information content (AvgIpc) is 2.97. The topological polar surface area (TPSA) is 108 Å². The number of amides is 1. The highest BCUT2D eigenvalue weighted by Gasteiger charge is 2.23. The van der Waals surface area contributed by atoms with E-state index in [1.807, 2.05) is 6.92 Å². The number of pyridine rings is 1. The predicted molar refractivity (Wildman–Crippen MR) is 93.5 cm³/mol. The van der Waals surface area contributed by atoms with E-state index in [0.717, 1.165) is 34.3 Å². The van der Waals surface area contributed by atoms with Gasteiger partial charge in [0.2, 0.25) is 15.9 Å². The fraction of sp³-hybridized carbons (Fsp3) is 0.188. The van der Waals surface area contributed by atoms with Gasteiger partial charge in [0.05, 0.1) is 16.8 Å². The van der Waals surface area contributed by atoms with Crippen molar-refractivity contribution in [3.05, 3.63) is 47.9 Å². The van der Waals surface area contributed by atoms with Crippen LogP contribution in [0.4, 0.5) is 10.2 Å². The zero-order valence-electron chi connectivity index (χ0n) is 14.0. The van der Waals surface area contributed by atoms with Crippen molar-refractivity contribution in [1.29, 1.82) is 0 Å². The normalized spacial score (nSPS) is 11.8. The van der Waals surface area contributed by atoms with Crippen LogP contribution in [0.25, 0.3) is 11.0 Å². The molecule has 0 bridgehead atoms. The van der Waals surface area contributed by atoms with Crippen molar-refractivity contribution in [3.8, 4) is 0 Å². The largest absolute Gasteiger partial charge is 0.307 e. The molecule has 8 nitrogen and oxygen atoms in total. The van der Waals surface area contributed by atoms with Crippen molar-refractivity contribution in [2.24, 2.45) is 0 Å². The lowest BCUT2D eigenvalue weighted by Crippen LogP contribution is -2.35. The maximum atomic E-state index is 13.0. The number of sulfonamides is 1. The highest BCUT2D eigenvalue weighted by atomic mass is 32.2. The maximum Gasteiger partial charge on any atom is 0.243 e. The molecule has 0 aliphatic heterocycles. The van der Waals surface area contributed by atoms with Crippen molar-refractivity contribution < 1.29 is 17.6 Å². The van der Waals surface area contributed by atoms with E-state index in [9.17, 15) is 17.6 Å². The zero-order valence-corrected chi connectivity index (χ0v) is 14.8. The molecule has 136 valence electrons. The Kier molecular flexibility index (Phi) is 4.70. The van der Waals surface area contributed by atoms with Gasteiger partial charge in [0.15, 0.2) is 11.5 Å². The number of benzene rings is 1. The summed E-state index contributed by atoms with van der Waals surface area (Å²) in [5.41, 5.74) is 1.32. The molecule has 0 unspecified atom stereocenters. The molecule has 0 saturated heterocycles. The molecule has 2 N–H and O–H groups in total. The third-order valence-electron chi connectivity index (χ3n) is 3.71. The number of aromatic nitrogens is 3. The number of aryl methyl sites for hydroxylation is 1. The first-order valence-corrected chi connectivity index (χ1v) is 9.05. The van der Waals surface area contributed by atoms with Crippen LogP contribution in [0.3, 0.4) is 0 Å². The summed E-state index contributed by atoms with van der Waals surface area (Å²) in [6, 6.07) is 7.92. The number of hydrogen-bond donors (Lipinski definition) is 2. The van der Waals surface area contributed by atoms with Crippen molar-refractivity contribution >= 4 is 32.8 Å². The molecular formula is C16H16FN5O3S. The molecule has 2 aromatic heterocycles. The molecule has 0 fully saturated rings. The molecule has 0 radical (unpaired) electrons. The van der Waals surface area contributed by atoms with E-state index in [1.54, 1.807) is 12.1 Å². The highest BCUT2D eigenvalue weighted by molar-refractivity contribution is 7.89. The number of carbonyl (C=O) groups excluding carboxylic acids is 1. The third-order valence-corrected chi connectivity index (χ3v) is 5.53.